The Morgan fingerprint density at radius 2 is 2.25 bits per heavy atom. The molecule has 1 aliphatic rings. The molecule has 0 bridgehead atoms. The van der Waals surface area contributed by atoms with E-state index in [4.69, 9.17) is 4.98 Å². The Morgan fingerprint density at radius 1 is 1.43 bits per heavy atom. The van der Waals surface area contributed by atoms with Gasteiger partial charge in [-0.05, 0) is 54.6 Å². The van der Waals surface area contributed by atoms with Crippen molar-refractivity contribution in [3.63, 3.8) is 0 Å². The summed E-state index contributed by atoms with van der Waals surface area (Å²) in [7, 11) is 0. The second-order valence-electron chi connectivity index (χ2n) is 8.02. The second kappa shape index (κ2) is 7.33. The minimum Gasteiger partial charge on any atom is -0.619 e. The summed E-state index contributed by atoms with van der Waals surface area (Å²) in [5.41, 5.74) is 1.85. The molecular weight excluding hydrogens is 422 g/mol. The number of hydrogen-bond donors (Lipinski definition) is 2. The molecule has 0 saturated heterocycles. The fraction of sp³-hybridized carbons (Fsp3) is 0.450. The first kappa shape index (κ1) is 19.1. The molecule has 148 valence electrons. The lowest BCUT2D eigenvalue weighted by Crippen LogP contribution is -2.32. The van der Waals surface area contributed by atoms with Gasteiger partial charge >= 0.3 is 0 Å². The zero-order valence-corrected chi connectivity index (χ0v) is 17.6. The van der Waals surface area contributed by atoms with E-state index in [9.17, 15) is 10.3 Å². The van der Waals surface area contributed by atoms with Crippen LogP contribution in [0.5, 0.6) is 0 Å². The van der Waals surface area contributed by atoms with E-state index in [1.54, 1.807) is 23.0 Å². The van der Waals surface area contributed by atoms with E-state index in [1.165, 1.54) is 6.20 Å². The molecule has 0 aromatic carbocycles. The fourth-order valence-electron chi connectivity index (χ4n) is 4.23. The predicted octanol–water partition coefficient (Wildman–Crippen LogP) is 3.39. The molecule has 1 saturated carbocycles. The van der Waals surface area contributed by atoms with Gasteiger partial charge in [-0.3, -0.25) is 0 Å². The zero-order chi connectivity index (χ0) is 19.9. The van der Waals surface area contributed by atoms with Gasteiger partial charge in [0.2, 0.25) is 0 Å². The first-order valence-electron chi connectivity index (χ1n) is 9.51. The van der Waals surface area contributed by atoms with Crippen LogP contribution in [0.2, 0.25) is 0 Å². The van der Waals surface area contributed by atoms with Crippen molar-refractivity contribution in [1.82, 2.24) is 14.6 Å². The van der Waals surface area contributed by atoms with Crippen molar-refractivity contribution in [2.75, 3.05) is 5.32 Å². The van der Waals surface area contributed by atoms with Crippen LogP contribution in [0.15, 0.2) is 41.3 Å². The Balaban J connectivity index is 1.70. The molecule has 0 spiro atoms. The number of anilines is 1. The highest BCUT2D eigenvalue weighted by molar-refractivity contribution is 9.10. The smallest absolute Gasteiger partial charge is 0.185 e. The monoisotopic (exact) mass is 445 g/mol. The van der Waals surface area contributed by atoms with Gasteiger partial charge < -0.3 is 15.6 Å². The summed E-state index contributed by atoms with van der Waals surface area (Å²) in [6.07, 6.45) is 7.84. The van der Waals surface area contributed by atoms with E-state index in [0.717, 1.165) is 51.2 Å². The predicted molar refractivity (Wildman–Crippen MR) is 110 cm³/mol. The normalized spacial score (nSPS) is 20.0. The molecule has 1 unspecified atom stereocenters. The van der Waals surface area contributed by atoms with Gasteiger partial charge in [0, 0.05) is 30.2 Å². The first-order chi connectivity index (χ1) is 13.3. The van der Waals surface area contributed by atoms with Crippen molar-refractivity contribution < 1.29 is 9.84 Å². The minimum absolute atomic E-state index is 0.172. The number of hydrogen-bond acceptors (Lipinski definition) is 5. The van der Waals surface area contributed by atoms with Crippen LogP contribution in [0.4, 0.5) is 5.82 Å². The van der Waals surface area contributed by atoms with Crippen LogP contribution in [-0.4, -0.2) is 25.3 Å². The standard InChI is InChI=1S/C20H24BrN5O2/c1-20(2,27)15-7-3-6-14(15)17-9-18(26-19(24-17)16(21)11-23-26)22-10-13-5-4-8-25(28)12-13/h4-5,8-9,11-12,14-15,22,27H,3,6-7,10H2,1-2H3/t14?,15-/m1/s1. The van der Waals surface area contributed by atoms with Crippen molar-refractivity contribution >= 4 is 27.4 Å². The van der Waals surface area contributed by atoms with E-state index in [1.807, 2.05) is 26.0 Å². The number of pyridine rings is 1. The molecule has 0 amide bonds. The van der Waals surface area contributed by atoms with Crippen LogP contribution in [0.3, 0.4) is 0 Å². The molecule has 4 rings (SSSR count). The Morgan fingerprint density at radius 3 is 3.00 bits per heavy atom. The van der Waals surface area contributed by atoms with Crippen molar-refractivity contribution in [2.24, 2.45) is 5.92 Å². The van der Waals surface area contributed by atoms with E-state index >= 15 is 0 Å². The minimum atomic E-state index is -0.744. The maximum atomic E-state index is 11.5. The molecule has 3 aromatic heterocycles. The van der Waals surface area contributed by atoms with Crippen LogP contribution in [0, 0.1) is 11.1 Å². The van der Waals surface area contributed by atoms with E-state index in [2.05, 4.69) is 26.3 Å². The van der Waals surface area contributed by atoms with Crippen molar-refractivity contribution in [1.29, 1.82) is 0 Å². The highest BCUT2D eigenvalue weighted by atomic mass is 79.9. The Bertz CT molecular complexity index is 998. The van der Waals surface area contributed by atoms with Crippen LogP contribution >= 0.6 is 15.9 Å². The number of fused-ring (bicyclic) bond motifs is 1. The first-order valence-corrected chi connectivity index (χ1v) is 10.3. The van der Waals surface area contributed by atoms with Crippen molar-refractivity contribution in [3.05, 3.63) is 57.7 Å². The third-order valence-electron chi connectivity index (χ3n) is 5.56. The number of nitrogens with zero attached hydrogens (tertiary/aromatic N) is 4. The van der Waals surface area contributed by atoms with Gasteiger partial charge in [0.15, 0.2) is 18.0 Å². The van der Waals surface area contributed by atoms with Gasteiger partial charge in [0.1, 0.15) is 5.82 Å². The summed E-state index contributed by atoms with van der Waals surface area (Å²) in [6.45, 7) is 4.27. The van der Waals surface area contributed by atoms with Crippen LogP contribution < -0.4 is 10.0 Å². The van der Waals surface area contributed by atoms with Gasteiger partial charge in [-0.2, -0.15) is 14.3 Å². The largest absolute Gasteiger partial charge is 0.619 e. The third kappa shape index (κ3) is 3.71. The SMILES string of the molecule is CC(C)(O)[C@@H]1CCCC1c1cc(NCc2ccc[n+]([O-])c2)n2ncc(Br)c2n1. The average molecular weight is 446 g/mol. The van der Waals surface area contributed by atoms with Crippen molar-refractivity contribution in [3.8, 4) is 0 Å². The lowest BCUT2D eigenvalue weighted by molar-refractivity contribution is -0.605. The van der Waals surface area contributed by atoms with Crippen LogP contribution in [0.25, 0.3) is 5.65 Å². The Kier molecular flexibility index (Phi) is 5.01. The zero-order valence-electron chi connectivity index (χ0n) is 16.0. The maximum Gasteiger partial charge on any atom is 0.185 e. The Hall–Kier alpha value is -2.19. The fourth-order valence-corrected chi connectivity index (χ4v) is 4.58. The molecule has 1 fully saturated rings. The van der Waals surface area contributed by atoms with E-state index < -0.39 is 5.60 Å². The highest BCUT2D eigenvalue weighted by Gasteiger charge is 2.39. The molecule has 2 N–H and O–H groups in total. The molecule has 1 aliphatic carbocycles. The van der Waals surface area contributed by atoms with Crippen molar-refractivity contribution in [2.45, 2.75) is 51.2 Å². The number of rotatable bonds is 5. The summed E-state index contributed by atoms with van der Waals surface area (Å²) in [6, 6.07) is 5.66. The molecule has 3 heterocycles. The molecule has 0 aliphatic heterocycles. The molecule has 0 radical (unpaired) electrons. The molecule has 7 nitrogen and oxygen atoms in total. The number of halogens is 1. The van der Waals surface area contributed by atoms with Gasteiger partial charge in [0.05, 0.1) is 22.0 Å². The molecule has 3 aromatic rings. The third-order valence-corrected chi connectivity index (χ3v) is 6.12. The van der Waals surface area contributed by atoms with Gasteiger partial charge in [-0.15, -0.1) is 0 Å². The number of aromatic nitrogens is 4. The van der Waals surface area contributed by atoms with E-state index in [0.29, 0.717) is 6.54 Å². The lowest BCUT2D eigenvalue weighted by atomic mass is 9.81. The second-order valence-corrected chi connectivity index (χ2v) is 8.87. The maximum absolute atomic E-state index is 11.5. The van der Waals surface area contributed by atoms with Gasteiger partial charge in [-0.1, -0.05) is 6.42 Å². The summed E-state index contributed by atoms with van der Waals surface area (Å²) in [4.78, 5) is 4.86. The summed E-state index contributed by atoms with van der Waals surface area (Å²) < 4.78 is 3.38. The molecule has 2 atom stereocenters. The van der Waals surface area contributed by atoms with E-state index in [-0.39, 0.29) is 11.8 Å². The summed E-state index contributed by atoms with van der Waals surface area (Å²) in [5.74, 6) is 1.19. The van der Waals surface area contributed by atoms with Crippen LogP contribution in [0.1, 0.15) is 50.3 Å². The topological polar surface area (TPSA) is 89.4 Å². The molecular formula is C20H24BrN5O2. The lowest BCUT2D eigenvalue weighted by Gasteiger charge is -2.31. The van der Waals surface area contributed by atoms with Gasteiger partial charge in [0.25, 0.3) is 0 Å². The van der Waals surface area contributed by atoms with Crippen LogP contribution in [-0.2, 0) is 6.54 Å². The summed E-state index contributed by atoms with van der Waals surface area (Å²) >= 11 is 3.54. The van der Waals surface area contributed by atoms with Gasteiger partial charge in [-0.25, -0.2) is 4.98 Å². The summed E-state index contributed by atoms with van der Waals surface area (Å²) in [5, 5.41) is 29.9. The molecule has 8 heteroatoms. The molecule has 28 heavy (non-hydrogen) atoms. The average Bonchev–Trinajstić information content (AvgIpc) is 3.27. The highest BCUT2D eigenvalue weighted by Crippen LogP contribution is 2.45. The quantitative estimate of drug-likeness (QED) is 0.463. The number of nitrogens with one attached hydrogen (secondary N) is 1. The Labute approximate surface area is 172 Å². The number of aliphatic hydroxyl groups is 1.